The summed E-state index contributed by atoms with van der Waals surface area (Å²) in [6.45, 7) is 5.70. The first kappa shape index (κ1) is 13.6. The lowest BCUT2D eigenvalue weighted by molar-refractivity contribution is 0.381. The van der Waals surface area contributed by atoms with Gasteiger partial charge in [-0.25, -0.2) is 4.98 Å². The lowest BCUT2D eigenvalue weighted by Gasteiger charge is -2.24. The van der Waals surface area contributed by atoms with Gasteiger partial charge in [-0.2, -0.15) is 5.26 Å². The smallest absolute Gasteiger partial charge is 0.108 e. The summed E-state index contributed by atoms with van der Waals surface area (Å²) in [5.74, 6) is 1.74. The Morgan fingerprint density at radius 1 is 1.48 bits per heavy atom. The van der Waals surface area contributed by atoms with Crippen molar-refractivity contribution in [3.63, 3.8) is 0 Å². The van der Waals surface area contributed by atoms with Crippen LogP contribution in [0.3, 0.4) is 0 Å². The van der Waals surface area contributed by atoms with Crippen LogP contribution in [0.15, 0.2) is 18.5 Å². The van der Waals surface area contributed by atoms with Gasteiger partial charge in [0.1, 0.15) is 11.9 Å². The minimum atomic E-state index is 0.562. The number of hydrogen-bond acceptors (Lipinski definition) is 4. The van der Waals surface area contributed by atoms with Crippen molar-refractivity contribution in [1.29, 1.82) is 5.26 Å². The molecule has 1 aliphatic heterocycles. The van der Waals surface area contributed by atoms with Crippen LogP contribution in [0.5, 0.6) is 0 Å². The van der Waals surface area contributed by atoms with E-state index in [0.29, 0.717) is 11.5 Å². The van der Waals surface area contributed by atoms with Gasteiger partial charge in [-0.3, -0.25) is 4.98 Å². The summed E-state index contributed by atoms with van der Waals surface area (Å²) in [6, 6.07) is 4.21. The second-order valence-electron chi connectivity index (χ2n) is 5.66. The topological polar surface area (TPSA) is 66.5 Å². The van der Waals surface area contributed by atoms with Crippen molar-refractivity contribution < 1.29 is 0 Å². The number of aryl methyl sites for hydroxylation is 3. The lowest BCUT2D eigenvalue weighted by atomic mass is 9.99. The van der Waals surface area contributed by atoms with Crippen molar-refractivity contribution in [3.8, 4) is 6.07 Å². The summed E-state index contributed by atoms with van der Waals surface area (Å²) >= 11 is 0. The van der Waals surface area contributed by atoms with Gasteiger partial charge in [0.25, 0.3) is 0 Å². The van der Waals surface area contributed by atoms with Crippen LogP contribution in [-0.4, -0.2) is 21.1 Å². The highest BCUT2D eigenvalue weighted by Crippen LogP contribution is 2.22. The van der Waals surface area contributed by atoms with E-state index in [-0.39, 0.29) is 0 Å². The number of nitrogens with zero attached hydrogens (tertiary/aromatic N) is 4. The minimum absolute atomic E-state index is 0.562. The molecule has 0 radical (unpaired) electrons. The van der Waals surface area contributed by atoms with E-state index in [0.717, 1.165) is 43.0 Å². The van der Waals surface area contributed by atoms with Gasteiger partial charge in [-0.1, -0.05) is 0 Å². The molecule has 0 unspecified atom stereocenters. The fourth-order valence-electron chi connectivity index (χ4n) is 2.97. The van der Waals surface area contributed by atoms with Crippen molar-refractivity contribution in [2.45, 2.75) is 33.2 Å². The Morgan fingerprint density at radius 3 is 3.14 bits per heavy atom. The van der Waals surface area contributed by atoms with Crippen LogP contribution in [0.4, 0.5) is 5.69 Å². The van der Waals surface area contributed by atoms with Crippen molar-refractivity contribution in [2.24, 2.45) is 5.92 Å². The molecule has 1 N–H and O–H groups in total. The van der Waals surface area contributed by atoms with Crippen molar-refractivity contribution in [2.75, 3.05) is 11.9 Å². The standard InChI is InChI=1S/C16H19N5/c1-11-7-15(14(8-17)12(2)20-11)19-9-13-3-4-16-18-5-6-21(16)10-13/h5-7,13H,3-4,9-10H2,1-2H3,(H,19,20)/t13-/m0/s1. The van der Waals surface area contributed by atoms with E-state index in [4.69, 9.17) is 0 Å². The summed E-state index contributed by atoms with van der Waals surface area (Å²) in [7, 11) is 0. The zero-order chi connectivity index (χ0) is 14.8. The molecule has 108 valence electrons. The lowest BCUT2D eigenvalue weighted by Crippen LogP contribution is -2.26. The number of rotatable bonds is 3. The maximum Gasteiger partial charge on any atom is 0.108 e. The van der Waals surface area contributed by atoms with Crippen LogP contribution in [0, 0.1) is 31.1 Å². The van der Waals surface area contributed by atoms with E-state index in [2.05, 4.69) is 25.9 Å². The predicted molar refractivity (Wildman–Crippen MR) is 81.0 cm³/mol. The van der Waals surface area contributed by atoms with Gasteiger partial charge in [0.15, 0.2) is 0 Å². The Kier molecular flexibility index (Phi) is 3.61. The van der Waals surface area contributed by atoms with E-state index >= 15 is 0 Å². The summed E-state index contributed by atoms with van der Waals surface area (Å²) < 4.78 is 2.23. The summed E-state index contributed by atoms with van der Waals surface area (Å²) in [6.07, 6.45) is 6.07. The van der Waals surface area contributed by atoms with Gasteiger partial charge in [-0.05, 0) is 32.3 Å². The van der Waals surface area contributed by atoms with E-state index < -0.39 is 0 Å². The van der Waals surface area contributed by atoms with E-state index in [9.17, 15) is 5.26 Å². The third-order valence-electron chi connectivity index (χ3n) is 4.05. The number of pyridine rings is 1. The Labute approximate surface area is 124 Å². The van der Waals surface area contributed by atoms with Crippen LogP contribution in [0.2, 0.25) is 0 Å². The van der Waals surface area contributed by atoms with E-state index in [1.54, 1.807) is 0 Å². The second-order valence-corrected chi connectivity index (χ2v) is 5.66. The molecule has 0 saturated heterocycles. The first-order chi connectivity index (χ1) is 10.2. The normalized spacial score (nSPS) is 17.1. The molecule has 1 aliphatic rings. The Bertz CT molecular complexity index is 695. The van der Waals surface area contributed by atoms with Crippen LogP contribution in [-0.2, 0) is 13.0 Å². The summed E-state index contributed by atoms with van der Waals surface area (Å²) in [5.41, 5.74) is 3.29. The zero-order valence-electron chi connectivity index (χ0n) is 12.4. The van der Waals surface area contributed by atoms with Gasteiger partial charge >= 0.3 is 0 Å². The number of nitrogens with one attached hydrogen (secondary N) is 1. The Morgan fingerprint density at radius 2 is 2.33 bits per heavy atom. The fraction of sp³-hybridized carbons (Fsp3) is 0.438. The van der Waals surface area contributed by atoms with E-state index in [1.807, 2.05) is 32.3 Å². The molecule has 0 fully saturated rings. The van der Waals surface area contributed by atoms with Crippen LogP contribution in [0.25, 0.3) is 0 Å². The SMILES string of the molecule is Cc1cc(NC[C@@H]2CCc3nccn3C2)c(C#N)c(C)n1. The van der Waals surface area contributed by atoms with Gasteiger partial charge in [0.2, 0.25) is 0 Å². The number of anilines is 1. The van der Waals surface area contributed by atoms with Crippen molar-refractivity contribution >= 4 is 5.69 Å². The first-order valence-corrected chi connectivity index (χ1v) is 7.29. The van der Waals surface area contributed by atoms with Crippen LogP contribution in [0.1, 0.15) is 29.2 Å². The molecule has 2 aromatic rings. The summed E-state index contributed by atoms with van der Waals surface area (Å²) in [4.78, 5) is 8.70. The summed E-state index contributed by atoms with van der Waals surface area (Å²) in [5, 5.41) is 12.7. The van der Waals surface area contributed by atoms with Crippen LogP contribution >= 0.6 is 0 Å². The number of nitriles is 1. The molecule has 3 heterocycles. The molecule has 0 saturated carbocycles. The van der Waals surface area contributed by atoms with Gasteiger partial charge in [0.05, 0.1) is 16.9 Å². The van der Waals surface area contributed by atoms with E-state index in [1.165, 1.54) is 5.82 Å². The highest BCUT2D eigenvalue weighted by Gasteiger charge is 2.19. The van der Waals surface area contributed by atoms with Gasteiger partial charge in [-0.15, -0.1) is 0 Å². The molecule has 1 atom stereocenters. The molecule has 3 rings (SSSR count). The molecular formula is C16H19N5. The predicted octanol–water partition coefficient (Wildman–Crippen LogP) is 2.44. The number of imidazole rings is 1. The highest BCUT2D eigenvalue weighted by molar-refractivity contribution is 5.59. The maximum atomic E-state index is 9.29. The third kappa shape index (κ3) is 2.75. The second kappa shape index (κ2) is 5.57. The molecule has 5 nitrogen and oxygen atoms in total. The average molecular weight is 281 g/mol. The molecule has 0 aliphatic carbocycles. The number of aromatic nitrogens is 3. The minimum Gasteiger partial charge on any atom is -0.384 e. The Hall–Kier alpha value is -2.35. The quantitative estimate of drug-likeness (QED) is 0.938. The first-order valence-electron chi connectivity index (χ1n) is 7.29. The molecule has 0 amide bonds. The van der Waals surface area contributed by atoms with Crippen molar-refractivity contribution in [3.05, 3.63) is 41.2 Å². The third-order valence-corrected chi connectivity index (χ3v) is 4.05. The molecule has 5 heteroatoms. The molecule has 21 heavy (non-hydrogen) atoms. The molecular weight excluding hydrogens is 262 g/mol. The largest absolute Gasteiger partial charge is 0.384 e. The molecule has 0 aromatic carbocycles. The van der Waals surface area contributed by atoms with Crippen molar-refractivity contribution in [1.82, 2.24) is 14.5 Å². The average Bonchev–Trinajstić information content (AvgIpc) is 2.92. The number of hydrogen-bond donors (Lipinski definition) is 1. The molecule has 0 bridgehead atoms. The maximum absolute atomic E-state index is 9.29. The van der Waals surface area contributed by atoms with Gasteiger partial charge < -0.3 is 9.88 Å². The van der Waals surface area contributed by atoms with Crippen LogP contribution < -0.4 is 5.32 Å². The molecule has 0 spiro atoms. The number of fused-ring (bicyclic) bond motifs is 1. The molecule has 2 aromatic heterocycles. The highest BCUT2D eigenvalue weighted by atomic mass is 15.1. The zero-order valence-corrected chi connectivity index (χ0v) is 12.4. The Balaban J connectivity index is 1.70. The van der Waals surface area contributed by atoms with Gasteiger partial charge in [0, 0.05) is 37.6 Å². The fourth-order valence-corrected chi connectivity index (χ4v) is 2.97. The monoisotopic (exact) mass is 281 g/mol.